The molecule has 0 spiro atoms. The van der Waals surface area contributed by atoms with Crippen LogP contribution < -0.4 is 11.1 Å². The molecular weight excluding hydrogens is 238 g/mol. The van der Waals surface area contributed by atoms with Crippen molar-refractivity contribution in [3.63, 3.8) is 0 Å². The minimum Gasteiger partial charge on any atom is -0.345 e. The van der Waals surface area contributed by atoms with Crippen molar-refractivity contribution in [2.45, 2.75) is 31.2 Å². The van der Waals surface area contributed by atoms with Crippen LogP contribution in [0.2, 0.25) is 0 Å². The molecule has 0 unspecified atom stereocenters. The van der Waals surface area contributed by atoms with Gasteiger partial charge >= 0.3 is 0 Å². The molecule has 0 bridgehead atoms. The van der Waals surface area contributed by atoms with Crippen molar-refractivity contribution >= 4 is 5.91 Å². The predicted molar refractivity (Wildman–Crippen MR) is 64.1 cm³/mol. The number of nitrogens with two attached hydrogens (primary N) is 1. The van der Waals surface area contributed by atoms with Gasteiger partial charge in [0.15, 0.2) is 11.6 Å². The van der Waals surface area contributed by atoms with Gasteiger partial charge in [-0.15, -0.1) is 0 Å². The zero-order valence-electron chi connectivity index (χ0n) is 10.0. The molecule has 1 aromatic rings. The van der Waals surface area contributed by atoms with E-state index in [1.165, 1.54) is 12.1 Å². The molecule has 1 aliphatic rings. The normalized spacial score (nSPS) is 17.7. The second-order valence-corrected chi connectivity index (χ2v) is 4.75. The molecule has 1 aliphatic carbocycles. The summed E-state index contributed by atoms with van der Waals surface area (Å²) >= 11 is 0. The van der Waals surface area contributed by atoms with Gasteiger partial charge in [0, 0.05) is 6.54 Å². The van der Waals surface area contributed by atoms with Gasteiger partial charge in [-0.1, -0.05) is 18.9 Å². The molecule has 1 aromatic carbocycles. The SMILES string of the molecule is NCC1(NC(=O)c2cccc(F)c2F)CCCC1. The number of carbonyl (C=O) groups is 1. The third-order valence-corrected chi connectivity index (χ3v) is 3.53. The Morgan fingerprint density at radius 1 is 1.33 bits per heavy atom. The molecule has 2 rings (SSSR count). The summed E-state index contributed by atoms with van der Waals surface area (Å²) in [5.41, 5.74) is 4.95. The first-order chi connectivity index (χ1) is 8.58. The van der Waals surface area contributed by atoms with E-state index < -0.39 is 23.1 Å². The van der Waals surface area contributed by atoms with Gasteiger partial charge < -0.3 is 11.1 Å². The molecule has 1 amide bonds. The van der Waals surface area contributed by atoms with Crippen LogP contribution in [0, 0.1) is 11.6 Å². The quantitative estimate of drug-likeness (QED) is 0.866. The number of nitrogens with one attached hydrogen (secondary N) is 1. The lowest BCUT2D eigenvalue weighted by molar-refractivity contribution is 0.0898. The number of halogens is 2. The fourth-order valence-electron chi connectivity index (χ4n) is 2.42. The number of hydrogen-bond acceptors (Lipinski definition) is 2. The van der Waals surface area contributed by atoms with E-state index in [2.05, 4.69) is 5.32 Å². The van der Waals surface area contributed by atoms with Gasteiger partial charge in [0.2, 0.25) is 0 Å². The Hall–Kier alpha value is -1.49. The molecule has 1 saturated carbocycles. The number of benzene rings is 1. The molecule has 1 fully saturated rings. The van der Waals surface area contributed by atoms with E-state index in [0.29, 0.717) is 6.54 Å². The van der Waals surface area contributed by atoms with Gasteiger partial charge in [0.05, 0.1) is 11.1 Å². The summed E-state index contributed by atoms with van der Waals surface area (Å²) in [4.78, 5) is 12.0. The standard InChI is InChI=1S/C13H16F2N2O/c14-10-5-3-4-9(11(10)15)12(18)17-13(8-16)6-1-2-7-13/h3-5H,1-2,6-8,16H2,(H,17,18). The van der Waals surface area contributed by atoms with Gasteiger partial charge in [-0.3, -0.25) is 4.79 Å². The highest BCUT2D eigenvalue weighted by Crippen LogP contribution is 2.29. The zero-order valence-corrected chi connectivity index (χ0v) is 10.0. The minimum absolute atomic E-state index is 0.269. The Morgan fingerprint density at radius 2 is 2.00 bits per heavy atom. The van der Waals surface area contributed by atoms with E-state index in [1.807, 2.05) is 0 Å². The van der Waals surface area contributed by atoms with Crippen molar-refractivity contribution < 1.29 is 13.6 Å². The van der Waals surface area contributed by atoms with Crippen molar-refractivity contribution in [3.05, 3.63) is 35.4 Å². The average molecular weight is 254 g/mol. The Bertz CT molecular complexity index is 456. The highest BCUT2D eigenvalue weighted by molar-refractivity contribution is 5.95. The van der Waals surface area contributed by atoms with E-state index >= 15 is 0 Å². The van der Waals surface area contributed by atoms with Crippen LogP contribution in [0.15, 0.2) is 18.2 Å². The summed E-state index contributed by atoms with van der Waals surface area (Å²) in [5, 5.41) is 2.76. The molecule has 98 valence electrons. The zero-order chi connectivity index (χ0) is 13.2. The first-order valence-electron chi connectivity index (χ1n) is 6.05. The molecule has 3 nitrogen and oxygen atoms in total. The second kappa shape index (κ2) is 5.02. The van der Waals surface area contributed by atoms with Gasteiger partial charge in [-0.2, -0.15) is 0 Å². The molecule has 18 heavy (non-hydrogen) atoms. The van der Waals surface area contributed by atoms with E-state index in [-0.39, 0.29) is 5.56 Å². The minimum atomic E-state index is -1.11. The molecule has 5 heteroatoms. The number of carbonyl (C=O) groups excluding carboxylic acids is 1. The lowest BCUT2D eigenvalue weighted by Gasteiger charge is -2.28. The molecule has 0 aromatic heterocycles. The first-order valence-corrected chi connectivity index (χ1v) is 6.05. The third kappa shape index (κ3) is 2.36. The highest BCUT2D eigenvalue weighted by atomic mass is 19.2. The van der Waals surface area contributed by atoms with Crippen molar-refractivity contribution in [1.82, 2.24) is 5.32 Å². The van der Waals surface area contributed by atoms with Crippen LogP contribution in [-0.2, 0) is 0 Å². The van der Waals surface area contributed by atoms with Crippen LogP contribution in [0.5, 0.6) is 0 Å². The maximum absolute atomic E-state index is 13.5. The Labute approximate surface area is 104 Å². The lowest BCUT2D eigenvalue weighted by atomic mass is 9.97. The molecule has 0 atom stereocenters. The summed E-state index contributed by atoms with van der Waals surface area (Å²) in [6.07, 6.45) is 3.55. The Kier molecular flexibility index (Phi) is 3.61. The molecule has 0 aliphatic heterocycles. The van der Waals surface area contributed by atoms with E-state index in [9.17, 15) is 13.6 Å². The third-order valence-electron chi connectivity index (χ3n) is 3.53. The summed E-state index contributed by atoms with van der Waals surface area (Å²) in [6.45, 7) is 0.315. The first kappa shape index (κ1) is 13.0. The maximum Gasteiger partial charge on any atom is 0.254 e. The smallest absolute Gasteiger partial charge is 0.254 e. The van der Waals surface area contributed by atoms with Gasteiger partial charge in [0.1, 0.15) is 0 Å². The molecule has 0 heterocycles. The topological polar surface area (TPSA) is 55.1 Å². The summed E-state index contributed by atoms with van der Waals surface area (Å²) < 4.78 is 26.5. The van der Waals surface area contributed by atoms with Crippen LogP contribution >= 0.6 is 0 Å². The maximum atomic E-state index is 13.5. The highest BCUT2D eigenvalue weighted by Gasteiger charge is 2.34. The molecule has 3 N–H and O–H groups in total. The van der Waals surface area contributed by atoms with Crippen LogP contribution in [0.3, 0.4) is 0 Å². The van der Waals surface area contributed by atoms with Crippen LogP contribution in [-0.4, -0.2) is 18.0 Å². The predicted octanol–water partition coefficient (Wildman–Crippen LogP) is 1.97. The fraction of sp³-hybridized carbons (Fsp3) is 0.462. The second-order valence-electron chi connectivity index (χ2n) is 4.75. The van der Waals surface area contributed by atoms with Gasteiger partial charge in [-0.25, -0.2) is 8.78 Å². The largest absolute Gasteiger partial charge is 0.345 e. The van der Waals surface area contributed by atoms with Crippen molar-refractivity contribution in [1.29, 1.82) is 0 Å². The number of rotatable bonds is 3. The number of amides is 1. The summed E-state index contributed by atoms with van der Waals surface area (Å²) in [6, 6.07) is 3.57. The Balaban J connectivity index is 2.19. The molecular formula is C13H16F2N2O. The fourth-order valence-corrected chi connectivity index (χ4v) is 2.42. The van der Waals surface area contributed by atoms with Crippen molar-refractivity contribution in [2.75, 3.05) is 6.54 Å². The summed E-state index contributed by atoms with van der Waals surface area (Å²) in [7, 11) is 0. The van der Waals surface area contributed by atoms with Crippen molar-refractivity contribution in [3.8, 4) is 0 Å². The van der Waals surface area contributed by atoms with Gasteiger partial charge in [-0.05, 0) is 25.0 Å². The lowest BCUT2D eigenvalue weighted by Crippen LogP contribution is -2.51. The van der Waals surface area contributed by atoms with E-state index in [0.717, 1.165) is 31.7 Å². The monoisotopic (exact) mass is 254 g/mol. The van der Waals surface area contributed by atoms with E-state index in [4.69, 9.17) is 5.73 Å². The van der Waals surface area contributed by atoms with Crippen LogP contribution in [0.25, 0.3) is 0 Å². The summed E-state index contributed by atoms with van der Waals surface area (Å²) in [5.74, 6) is -2.73. The van der Waals surface area contributed by atoms with E-state index in [1.54, 1.807) is 0 Å². The molecule has 0 radical (unpaired) electrons. The molecule has 0 saturated heterocycles. The average Bonchev–Trinajstić information content (AvgIpc) is 2.81. The van der Waals surface area contributed by atoms with Gasteiger partial charge in [0.25, 0.3) is 5.91 Å². The van der Waals surface area contributed by atoms with Crippen molar-refractivity contribution in [2.24, 2.45) is 5.73 Å². The Morgan fingerprint density at radius 3 is 2.61 bits per heavy atom. The number of hydrogen-bond donors (Lipinski definition) is 2. The van der Waals surface area contributed by atoms with Crippen LogP contribution in [0.1, 0.15) is 36.0 Å². The van der Waals surface area contributed by atoms with Crippen LogP contribution in [0.4, 0.5) is 8.78 Å².